The number of amides is 1. The van der Waals surface area contributed by atoms with E-state index in [4.69, 9.17) is 4.84 Å². The summed E-state index contributed by atoms with van der Waals surface area (Å²) in [7, 11) is 1.76. The maximum absolute atomic E-state index is 13.8. The molecule has 0 bridgehead atoms. The maximum Gasteiger partial charge on any atom is 0.226 e. The molecule has 120 valence electrons. The van der Waals surface area contributed by atoms with Gasteiger partial charge in [-0.05, 0) is 18.1 Å². The van der Waals surface area contributed by atoms with E-state index in [9.17, 15) is 14.3 Å². The summed E-state index contributed by atoms with van der Waals surface area (Å²) in [6.45, 7) is 4.78. The molecule has 1 unspecified atom stereocenters. The molecule has 0 saturated carbocycles. The highest BCUT2D eigenvalue weighted by Gasteiger charge is 2.27. The molecule has 2 rings (SSSR count). The van der Waals surface area contributed by atoms with Crippen LogP contribution in [0.4, 0.5) is 4.39 Å². The summed E-state index contributed by atoms with van der Waals surface area (Å²) in [5, 5.41) is 13.1. The van der Waals surface area contributed by atoms with Crippen molar-refractivity contribution in [3.8, 4) is 5.75 Å². The molecule has 0 spiro atoms. The number of oxime groups is 1. The first-order valence-corrected chi connectivity index (χ1v) is 7.32. The molecule has 1 N–H and O–H groups in total. The van der Waals surface area contributed by atoms with Gasteiger partial charge in [-0.3, -0.25) is 4.79 Å². The Bertz CT molecular complexity index is 587. The Balaban J connectivity index is 1.93. The normalized spacial score (nSPS) is 17.3. The standard InChI is InChI=1S/C16H21FN2O3/c1-10(2)9-19(3)16(21)8-12-7-15(18-22-12)13-5-4-11(20)6-14(13)17/h4-6,10,12,20H,7-9H2,1-3H3. The van der Waals surface area contributed by atoms with Crippen molar-refractivity contribution in [2.24, 2.45) is 11.1 Å². The predicted octanol–water partition coefficient (Wildman–Crippen LogP) is 2.53. The second-order valence-electron chi connectivity index (χ2n) is 6.01. The fraction of sp³-hybridized carbons (Fsp3) is 0.500. The number of benzene rings is 1. The SMILES string of the molecule is CC(C)CN(C)C(=O)CC1CC(c2ccc(O)cc2F)=NO1. The summed E-state index contributed by atoms with van der Waals surface area (Å²) in [6, 6.07) is 3.89. The van der Waals surface area contributed by atoms with Crippen LogP contribution in [0.25, 0.3) is 0 Å². The van der Waals surface area contributed by atoms with E-state index in [0.29, 0.717) is 30.2 Å². The van der Waals surface area contributed by atoms with Gasteiger partial charge in [-0.25, -0.2) is 4.39 Å². The number of aromatic hydroxyl groups is 1. The molecule has 1 aliphatic rings. The first-order valence-electron chi connectivity index (χ1n) is 7.32. The first-order chi connectivity index (χ1) is 10.4. The van der Waals surface area contributed by atoms with Crippen LogP contribution in [0.1, 0.15) is 32.3 Å². The lowest BCUT2D eigenvalue weighted by atomic mass is 10.0. The number of carbonyl (C=O) groups excluding carboxylic acids is 1. The van der Waals surface area contributed by atoms with Gasteiger partial charge in [0.05, 0.1) is 12.1 Å². The van der Waals surface area contributed by atoms with Crippen LogP contribution in [0.5, 0.6) is 5.75 Å². The first kappa shape index (κ1) is 16.3. The molecule has 1 aliphatic heterocycles. The molecule has 0 fully saturated rings. The highest BCUT2D eigenvalue weighted by molar-refractivity contribution is 6.01. The van der Waals surface area contributed by atoms with Crippen molar-refractivity contribution < 1.29 is 19.1 Å². The molecular weight excluding hydrogens is 287 g/mol. The quantitative estimate of drug-likeness (QED) is 0.909. The number of halogens is 1. The molecule has 0 aromatic heterocycles. The smallest absolute Gasteiger partial charge is 0.226 e. The minimum Gasteiger partial charge on any atom is -0.508 e. The zero-order chi connectivity index (χ0) is 16.3. The summed E-state index contributed by atoms with van der Waals surface area (Å²) in [6.07, 6.45) is 0.226. The van der Waals surface area contributed by atoms with Crippen LogP contribution >= 0.6 is 0 Å². The van der Waals surface area contributed by atoms with E-state index in [1.165, 1.54) is 12.1 Å². The van der Waals surface area contributed by atoms with Crippen molar-refractivity contribution in [1.29, 1.82) is 0 Å². The maximum atomic E-state index is 13.8. The number of nitrogens with zero attached hydrogens (tertiary/aromatic N) is 2. The molecule has 1 aromatic rings. The van der Waals surface area contributed by atoms with Crippen molar-refractivity contribution in [3.63, 3.8) is 0 Å². The molecular formula is C16H21FN2O3. The molecule has 22 heavy (non-hydrogen) atoms. The Morgan fingerprint density at radius 1 is 1.55 bits per heavy atom. The lowest BCUT2D eigenvalue weighted by molar-refractivity contribution is -0.132. The van der Waals surface area contributed by atoms with E-state index >= 15 is 0 Å². The molecule has 1 atom stereocenters. The molecule has 1 heterocycles. The lowest BCUT2D eigenvalue weighted by Gasteiger charge is -2.20. The summed E-state index contributed by atoms with van der Waals surface area (Å²) in [5.41, 5.74) is 0.755. The molecule has 5 nitrogen and oxygen atoms in total. The van der Waals surface area contributed by atoms with Crippen LogP contribution in [-0.2, 0) is 9.63 Å². The fourth-order valence-electron chi connectivity index (χ4n) is 2.44. The van der Waals surface area contributed by atoms with Crippen molar-refractivity contribution in [2.75, 3.05) is 13.6 Å². The molecule has 0 radical (unpaired) electrons. The van der Waals surface area contributed by atoms with Crippen LogP contribution in [0.3, 0.4) is 0 Å². The van der Waals surface area contributed by atoms with Crippen LogP contribution in [0.2, 0.25) is 0 Å². The van der Waals surface area contributed by atoms with E-state index in [0.717, 1.165) is 6.07 Å². The average molecular weight is 308 g/mol. The summed E-state index contributed by atoms with van der Waals surface area (Å²) in [5.74, 6) is -0.299. The van der Waals surface area contributed by atoms with Gasteiger partial charge in [0, 0.05) is 31.6 Å². The number of rotatable bonds is 5. The van der Waals surface area contributed by atoms with Crippen molar-refractivity contribution in [1.82, 2.24) is 4.90 Å². The van der Waals surface area contributed by atoms with E-state index in [1.54, 1.807) is 11.9 Å². The van der Waals surface area contributed by atoms with E-state index in [-0.39, 0.29) is 24.2 Å². The molecule has 0 saturated heterocycles. The number of carbonyl (C=O) groups is 1. The minimum atomic E-state index is -0.550. The monoisotopic (exact) mass is 308 g/mol. The van der Waals surface area contributed by atoms with Crippen LogP contribution in [-0.4, -0.2) is 41.3 Å². The third-order valence-electron chi connectivity index (χ3n) is 3.46. The van der Waals surface area contributed by atoms with Gasteiger partial charge in [0.2, 0.25) is 5.91 Å². The summed E-state index contributed by atoms with van der Waals surface area (Å²) >= 11 is 0. The lowest BCUT2D eigenvalue weighted by Crippen LogP contribution is -2.32. The Kier molecular flexibility index (Phi) is 5.00. The Morgan fingerprint density at radius 2 is 2.27 bits per heavy atom. The molecule has 1 aromatic carbocycles. The van der Waals surface area contributed by atoms with Gasteiger partial charge in [0.25, 0.3) is 0 Å². The van der Waals surface area contributed by atoms with Gasteiger partial charge in [-0.15, -0.1) is 0 Å². The Morgan fingerprint density at radius 3 is 2.91 bits per heavy atom. The Labute approximate surface area is 129 Å². The summed E-state index contributed by atoms with van der Waals surface area (Å²) < 4.78 is 13.8. The third kappa shape index (κ3) is 3.96. The number of phenols is 1. The number of hydrogen-bond donors (Lipinski definition) is 1. The van der Waals surface area contributed by atoms with E-state index in [1.807, 2.05) is 13.8 Å². The Hall–Kier alpha value is -2.11. The average Bonchev–Trinajstić information content (AvgIpc) is 2.86. The van der Waals surface area contributed by atoms with E-state index in [2.05, 4.69) is 5.16 Å². The van der Waals surface area contributed by atoms with Crippen molar-refractivity contribution >= 4 is 11.6 Å². The largest absolute Gasteiger partial charge is 0.508 e. The van der Waals surface area contributed by atoms with Gasteiger partial charge in [-0.1, -0.05) is 19.0 Å². The molecule has 0 aliphatic carbocycles. The van der Waals surface area contributed by atoms with Gasteiger partial charge in [-0.2, -0.15) is 0 Å². The highest BCUT2D eigenvalue weighted by atomic mass is 19.1. The second kappa shape index (κ2) is 6.77. The molecule has 1 amide bonds. The van der Waals surface area contributed by atoms with Gasteiger partial charge < -0.3 is 14.8 Å². The van der Waals surface area contributed by atoms with Crippen LogP contribution in [0, 0.1) is 11.7 Å². The molecule has 6 heteroatoms. The zero-order valence-electron chi connectivity index (χ0n) is 13.0. The third-order valence-corrected chi connectivity index (χ3v) is 3.46. The fourth-order valence-corrected chi connectivity index (χ4v) is 2.44. The van der Waals surface area contributed by atoms with Gasteiger partial charge >= 0.3 is 0 Å². The number of phenolic OH excluding ortho intramolecular Hbond substituents is 1. The van der Waals surface area contributed by atoms with Crippen LogP contribution < -0.4 is 0 Å². The topological polar surface area (TPSA) is 62.1 Å². The van der Waals surface area contributed by atoms with Crippen molar-refractivity contribution in [3.05, 3.63) is 29.6 Å². The van der Waals surface area contributed by atoms with Gasteiger partial charge in [0.1, 0.15) is 17.7 Å². The van der Waals surface area contributed by atoms with E-state index < -0.39 is 5.82 Å². The van der Waals surface area contributed by atoms with Crippen LogP contribution in [0.15, 0.2) is 23.4 Å². The van der Waals surface area contributed by atoms with Gasteiger partial charge in [0.15, 0.2) is 0 Å². The number of hydrogen-bond acceptors (Lipinski definition) is 4. The summed E-state index contributed by atoms with van der Waals surface area (Å²) in [4.78, 5) is 19.0. The second-order valence-corrected chi connectivity index (χ2v) is 6.01. The van der Waals surface area contributed by atoms with Crippen molar-refractivity contribution in [2.45, 2.75) is 32.8 Å². The zero-order valence-corrected chi connectivity index (χ0v) is 13.0. The highest BCUT2D eigenvalue weighted by Crippen LogP contribution is 2.23. The predicted molar refractivity (Wildman–Crippen MR) is 81.2 cm³/mol. The minimum absolute atomic E-state index is 0.0127.